The van der Waals surface area contributed by atoms with Crippen LogP contribution >= 0.6 is 11.6 Å². The van der Waals surface area contributed by atoms with E-state index < -0.39 is 5.97 Å². The van der Waals surface area contributed by atoms with E-state index in [4.69, 9.17) is 11.6 Å². The molecule has 0 spiro atoms. The predicted molar refractivity (Wildman–Crippen MR) is 68.4 cm³/mol. The van der Waals surface area contributed by atoms with Crippen molar-refractivity contribution in [2.24, 2.45) is 0 Å². The van der Waals surface area contributed by atoms with Crippen molar-refractivity contribution in [2.45, 2.75) is 6.42 Å². The Hall–Kier alpha value is -2.01. The number of hydrogen-bond acceptors (Lipinski definition) is 4. The maximum atomic E-state index is 11.7. The summed E-state index contributed by atoms with van der Waals surface area (Å²) in [7, 11) is 1.28. The number of fused-ring (bicyclic) bond motifs is 1. The van der Waals surface area contributed by atoms with Crippen LogP contribution in [-0.4, -0.2) is 19.0 Å². The van der Waals surface area contributed by atoms with E-state index in [0.717, 1.165) is 0 Å². The molecule has 6 heteroatoms. The van der Waals surface area contributed by atoms with Gasteiger partial charge in [0.2, 0.25) is 5.91 Å². The van der Waals surface area contributed by atoms with Crippen LogP contribution < -0.4 is 10.6 Å². The van der Waals surface area contributed by atoms with Crippen LogP contribution in [0.25, 0.3) is 0 Å². The lowest BCUT2D eigenvalue weighted by molar-refractivity contribution is -0.134. The number of halogens is 1. The molecule has 1 aromatic rings. The van der Waals surface area contributed by atoms with Crippen LogP contribution in [0, 0.1) is 0 Å². The maximum absolute atomic E-state index is 11.7. The Bertz CT molecular complexity index is 540. The van der Waals surface area contributed by atoms with Gasteiger partial charge in [-0.3, -0.25) is 4.79 Å². The fourth-order valence-electron chi connectivity index (χ4n) is 1.60. The van der Waals surface area contributed by atoms with E-state index in [1.165, 1.54) is 13.2 Å². The van der Waals surface area contributed by atoms with Gasteiger partial charge in [0.25, 0.3) is 0 Å². The molecule has 1 aromatic carbocycles. The third-order valence-corrected chi connectivity index (χ3v) is 2.63. The SMILES string of the molecule is COC(=O)/C=C1/CC(=O)Nc2cc(Cl)ccc2N1. The largest absolute Gasteiger partial charge is 0.466 e. The Kier molecular flexibility index (Phi) is 3.53. The lowest BCUT2D eigenvalue weighted by atomic mass is 10.2. The zero-order valence-corrected chi connectivity index (χ0v) is 10.4. The van der Waals surface area contributed by atoms with Crippen LogP contribution in [0.5, 0.6) is 0 Å². The highest BCUT2D eigenvalue weighted by molar-refractivity contribution is 6.31. The molecule has 1 aliphatic heterocycles. The van der Waals surface area contributed by atoms with Crippen molar-refractivity contribution in [1.82, 2.24) is 0 Å². The smallest absolute Gasteiger partial charge is 0.332 e. The van der Waals surface area contributed by atoms with Gasteiger partial charge in [0.15, 0.2) is 0 Å². The number of anilines is 2. The summed E-state index contributed by atoms with van der Waals surface area (Å²) in [5.41, 5.74) is 1.74. The van der Waals surface area contributed by atoms with Gasteiger partial charge in [0.1, 0.15) is 0 Å². The molecule has 0 atom stereocenters. The summed E-state index contributed by atoms with van der Waals surface area (Å²) in [4.78, 5) is 22.8. The summed E-state index contributed by atoms with van der Waals surface area (Å²) in [5, 5.41) is 6.23. The summed E-state index contributed by atoms with van der Waals surface area (Å²) >= 11 is 5.85. The second-order valence-electron chi connectivity index (χ2n) is 3.73. The maximum Gasteiger partial charge on any atom is 0.332 e. The van der Waals surface area contributed by atoms with Crippen molar-refractivity contribution in [2.75, 3.05) is 17.7 Å². The van der Waals surface area contributed by atoms with Crippen LogP contribution in [-0.2, 0) is 14.3 Å². The lowest BCUT2D eigenvalue weighted by Crippen LogP contribution is -2.11. The van der Waals surface area contributed by atoms with Gasteiger partial charge in [0, 0.05) is 16.8 Å². The van der Waals surface area contributed by atoms with Gasteiger partial charge >= 0.3 is 5.97 Å². The Morgan fingerprint density at radius 3 is 2.89 bits per heavy atom. The normalized spacial score (nSPS) is 16.3. The minimum Gasteiger partial charge on any atom is -0.466 e. The van der Waals surface area contributed by atoms with E-state index in [0.29, 0.717) is 22.1 Å². The standard InChI is InChI=1S/C12H11ClN2O3/c1-18-12(17)6-8-5-11(16)15-10-4-7(13)2-3-9(10)14-8/h2-4,6,14H,5H2,1H3,(H,15,16)/b8-6-. The highest BCUT2D eigenvalue weighted by Crippen LogP contribution is 2.29. The van der Waals surface area contributed by atoms with Gasteiger partial charge in [0.05, 0.1) is 24.9 Å². The number of nitrogens with one attached hydrogen (secondary N) is 2. The van der Waals surface area contributed by atoms with Gasteiger partial charge in [-0.15, -0.1) is 0 Å². The van der Waals surface area contributed by atoms with Crippen LogP contribution in [0.3, 0.4) is 0 Å². The number of esters is 1. The first-order valence-electron chi connectivity index (χ1n) is 5.23. The number of hydrogen-bond donors (Lipinski definition) is 2. The number of carbonyl (C=O) groups excluding carboxylic acids is 2. The van der Waals surface area contributed by atoms with E-state index in [2.05, 4.69) is 15.4 Å². The molecule has 2 rings (SSSR count). The number of carbonyl (C=O) groups is 2. The minimum absolute atomic E-state index is 0.0708. The number of methoxy groups -OCH3 is 1. The number of amides is 1. The molecule has 2 N–H and O–H groups in total. The molecule has 18 heavy (non-hydrogen) atoms. The Balaban J connectivity index is 2.35. The first-order chi connectivity index (χ1) is 8.58. The van der Waals surface area contributed by atoms with Crippen LogP contribution in [0.15, 0.2) is 30.0 Å². The highest BCUT2D eigenvalue weighted by Gasteiger charge is 2.16. The molecule has 0 bridgehead atoms. The third kappa shape index (κ3) is 2.81. The van der Waals surface area contributed by atoms with Gasteiger partial charge in [-0.05, 0) is 18.2 Å². The Morgan fingerprint density at radius 2 is 2.17 bits per heavy atom. The number of ether oxygens (including phenoxy) is 1. The molecule has 0 fully saturated rings. The summed E-state index contributed by atoms with van der Waals surface area (Å²) < 4.78 is 4.53. The molecule has 0 saturated carbocycles. The summed E-state index contributed by atoms with van der Waals surface area (Å²) in [5.74, 6) is -0.735. The van der Waals surface area contributed by atoms with Crippen LogP contribution in [0.4, 0.5) is 11.4 Å². The highest BCUT2D eigenvalue weighted by atomic mass is 35.5. The quantitative estimate of drug-likeness (QED) is 0.604. The van der Waals surface area contributed by atoms with Crippen molar-refractivity contribution in [1.29, 1.82) is 0 Å². The number of rotatable bonds is 1. The van der Waals surface area contributed by atoms with Crippen molar-refractivity contribution >= 4 is 34.9 Å². The molecular weight excluding hydrogens is 256 g/mol. The van der Waals surface area contributed by atoms with E-state index in [9.17, 15) is 9.59 Å². The molecular formula is C12H11ClN2O3. The fourth-order valence-corrected chi connectivity index (χ4v) is 1.77. The van der Waals surface area contributed by atoms with Crippen LogP contribution in [0.1, 0.15) is 6.42 Å². The Morgan fingerprint density at radius 1 is 1.39 bits per heavy atom. The monoisotopic (exact) mass is 266 g/mol. The van der Waals surface area contributed by atoms with Gasteiger partial charge < -0.3 is 15.4 Å². The van der Waals surface area contributed by atoms with Crippen molar-refractivity contribution in [3.05, 3.63) is 35.0 Å². The Labute approximate surface area is 109 Å². The summed E-state index contributed by atoms with van der Waals surface area (Å²) in [6.45, 7) is 0. The predicted octanol–water partition coefficient (Wildman–Crippen LogP) is 2.15. The average molecular weight is 267 g/mol. The lowest BCUT2D eigenvalue weighted by Gasteiger charge is -2.08. The van der Waals surface area contributed by atoms with Crippen molar-refractivity contribution in [3.63, 3.8) is 0 Å². The molecule has 5 nitrogen and oxygen atoms in total. The molecule has 1 amide bonds. The zero-order valence-electron chi connectivity index (χ0n) is 9.62. The van der Waals surface area contributed by atoms with Crippen molar-refractivity contribution < 1.29 is 14.3 Å². The zero-order chi connectivity index (χ0) is 13.1. The molecule has 0 aromatic heterocycles. The second-order valence-corrected chi connectivity index (χ2v) is 4.17. The average Bonchev–Trinajstić information content (AvgIpc) is 2.46. The molecule has 0 unspecified atom stereocenters. The molecule has 1 aliphatic rings. The van der Waals surface area contributed by atoms with E-state index in [-0.39, 0.29) is 12.3 Å². The van der Waals surface area contributed by atoms with Gasteiger partial charge in [-0.2, -0.15) is 0 Å². The van der Waals surface area contributed by atoms with Gasteiger partial charge in [-0.25, -0.2) is 4.79 Å². The van der Waals surface area contributed by atoms with Gasteiger partial charge in [-0.1, -0.05) is 11.6 Å². The third-order valence-electron chi connectivity index (χ3n) is 2.40. The van der Waals surface area contributed by atoms with E-state index >= 15 is 0 Å². The molecule has 0 saturated heterocycles. The van der Waals surface area contributed by atoms with E-state index in [1.54, 1.807) is 18.2 Å². The summed E-state index contributed by atoms with van der Waals surface area (Å²) in [6, 6.07) is 5.07. The minimum atomic E-state index is -0.511. The topological polar surface area (TPSA) is 67.4 Å². The fraction of sp³-hybridized carbons (Fsp3) is 0.167. The molecule has 94 valence electrons. The number of benzene rings is 1. The van der Waals surface area contributed by atoms with Crippen LogP contribution in [0.2, 0.25) is 5.02 Å². The van der Waals surface area contributed by atoms with Crippen molar-refractivity contribution in [3.8, 4) is 0 Å². The first kappa shape index (κ1) is 12.4. The first-order valence-corrected chi connectivity index (χ1v) is 5.61. The molecule has 0 radical (unpaired) electrons. The van der Waals surface area contributed by atoms with E-state index in [1.807, 2.05) is 0 Å². The summed E-state index contributed by atoms with van der Waals surface area (Å²) in [6.07, 6.45) is 1.32. The molecule has 1 heterocycles. The molecule has 0 aliphatic carbocycles. The second kappa shape index (κ2) is 5.10.